The third-order valence-electron chi connectivity index (χ3n) is 3.39. The van der Waals surface area contributed by atoms with E-state index in [-0.39, 0.29) is 41.9 Å². The van der Waals surface area contributed by atoms with Crippen molar-refractivity contribution in [2.24, 2.45) is 0 Å². The number of amides is 1. The SMILES string of the molecule is Br.Cl.O=C(NOCC(O)CN1CCCCC1)c1ccccc1. The summed E-state index contributed by atoms with van der Waals surface area (Å²) < 4.78 is 0. The summed E-state index contributed by atoms with van der Waals surface area (Å²) in [5, 5.41) is 9.87. The number of likely N-dealkylation sites (tertiary alicyclic amines) is 1. The number of β-amino-alcohol motifs (C(OH)–C–C–N with tert-alkyl or cyclic N) is 1. The highest BCUT2D eigenvalue weighted by Gasteiger charge is 2.15. The van der Waals surface area contributed by atoms with Gasteiger partial charge in [0, 0.05) is 12.1 Å². The van der Waals surface area contributed by atoms with E-state index in [4.69, 9.17) is 4.84 Å². The standard InChI is InChI=1S/C15H22N2O3.BrH.ClH/c18-14(11-17-9-5-2-6-10-17)12-20-16-15(19)13-7-3-1-4-8-13;;/h1,3-4,7-8,14,18H,2,5-6,9-12H2,(H,16,19);2*1H. The Bertz CT molecular complexity index is 417. The number of hydroxylamine groups is 1. The van der Waals surface area contributed by atoms with Crippen molar-refractivity contribution in [1.82, 2.24) is 10.4 Å². The molecular weight excluding hydrogens is 372 g/mol. The zero-order valence-corrected chi connectivity index (χ0v) is 15.0. The van der Waals surface area contributed by atoms with Gasteiger partial charge in [0.05, 0.1) is 6.10 Å². The number of aliphatic hydroxyl groups is 1. The minimum atomic E-state index is -0.579. The molecule has 0 radical (unpaired) electrons. The number of hydrogen-bond acceptors (Lipinski definition) is 4. The van der Waals surface area contributed by atoms with E-state index in [0.29, 0.717) is 12.1 Å². The summed E-state index contributed by atoms with van der Waals surface area (Å²) in [6.07, 6.45) is 3.08. The summed E-state index contributed by atoms with van der Waals surface area (Å²) in [5.41, 5.74) is 2.89. The fourth-order valence-electron chi connectivity index (χ4n) is 2.34. The highest BCUT2D eigenvalue weighted by molar-refractivity contribution is 8.93. The lowest BCUT2D eigenvalue weighted by Gasteiger charge is -2.28. The van der Waals surface area contributed by atoms with Crippen LogP contribution in [0, 0.1) is 0 Å². The molecule has 0 bridgehead atoms. The van der Waals surface area contributed by atoms with Crippen molar-refractivity contribution in [3.05, 3.63) is 35.9 Å². The molecule has 1 atom stereocenters. The Morgan fingerprint density at radius 3 is 2.50 bits per heavy atom. The number of halogens is 2. The molecule has 7 heteroatoms. The van der Waals surface area contributed by atoms with Gasteiger partial charge >= 0.3 is 0 Å². The summed E-state index contributed by atoms with van der Waals surface area (Å²) in [6.45, 7) is 2.77. The Kier molecular flexibility index (Phi) is 11.5. The van der Waals surface area contributed by atoms with E-state index < -0.39 is 6.10 Å². The molecule has 1 aliphatic heterocycles. The minimum Gasteiger partial charge on any atom is -0.389 e. The predicted octanol–water partition coefficient (Wildman–Crippen LogP) is 2.19. The maximum absolute atomic E-state index is 11.7. The van der Waals surface area contributed by atoms with Crippen LogP contribution in [0.25, 0.3) is 0 Å². The van der Waals surface area contributed by atoms with E-state index in [1.807, 2.05) is 6.07 Å². The normalized spacial score (nSPS) is 16.0. The molecule has 0 aromatic heterocycles. The molecule has 1 aromatic carbocycles. The van der Waals surface area contributed by atoms with E-state index in [1.165, 1.54) is 19.3 Å². The molecule has 0 aliphatic carbocycles. The van der Waals surface area contributed by atoms with E-state index in [2.05, 4.69) is 10.4 Å². The van der Waals surface area contributed by atoms with Crippen molar-refractivity contribution in [1.29, 1.82) is 0 Å². The first-order chi connectivity index (χ1) is 9.75. The van der Waals surface area contributed by atoms with Gasteiger partial charge in [0.25, 0.3) is 5.91 Å². The van der Waals surface area contributed by atoms with Gasteiger partial charge in [0.1, 0.15) is 6.61 Å². The maximum Gasteiger partial charge on any atom is 0.274 e. The van der Waals surface area contributed by atoms with Crippen LogP contribution < -0.4 is 5.48 Å². The average Bonchev–Trinajstić information content (AvgIpc) is 2.49. The number of rotatable bonds is 6. The van der Waals surface area contributed by atoms with Crippen molar-refractivity contribution < 1.29 is 14.7 Å². The molecule has 1 aliphatic rings. The molecule has 0 spiro atoms. The predicted molar refractivity (Wildman–Crippen MR) is 93.7 cm³/mol. The van der Waals surface area contributed by atoms with Gasteiger partial charge < -0.3 is 10.0 Å². The second-order valence-electron chi connectivity index (χ2n) is 5.12. The lowest BCUT2D eigenvalue weighted by atomic mass is 10.1. The van der Waals surface area contributed by atoms with Crippen LogP contribution in [0.15, 0.2) is 30.3 Å². The first-order valence-corrected chi connectivity index (χ1v) is 7.13. The number of carbonyl (C=O) groups is 1. The second kappa shape index (κ2) is 11.8. The third-order valence-corrected chi connectivity index (χ3v) is 3.39. The van der Waals surface area contributed by atoms with Gasteiger partial charge in [0.2, 0.25) is 0 Å². The van der Waals surface area contributed by atoms with Crippen molar-refractivity contribution in [3.63, 3.8) is 0 Å². The first kappa shape index (κ1) is 21.3. The van der Waals surface area contributed by atoms with Crippen molar-refractivity contribution in [3.8, 4) is 0 Å². The molecule has 1 aromatic rings. The topological polar surface area (TPSA) is 61.8 Å². The fraction of sp³-hybridized carbons (Fsp3) is 0.533. The number of carbonyl (C=O) groups excluding carboxylic acids is 1. The molecule has 5 nitrogen and oxygen atoms in total. The monoisotopic (exact) mass is 394 g/mol. The van der Waals surface area contributed by atoms with Crippen LogP contribution in [0.1, 0.15) is 29.6 Å². The van der Waals surface area contributed by atoms with E-state index in [1.54, 1.807) is 24.3 Å². The summed E-state index contributed by atoms with van der Waals surface area (Å²) in [7, 11) is 0. The maximum atomic E-state index is 11.7. The number of piperidine rings is 1. The summed E-state index contributed by atoms with van der Waals surface area (Å²) >= 11 is 0. The van der Waals surface area contributed by atoms with Gasteiger partial charge in [-0.15, -0.1) is 29.4 Å². The first-order valence-electron chi connectivity index (χ1n) is 7.13. The lowest BCUT2D eigenvalue weighted by Crippen LogP contribution is -2.39. The number of nitrogens with one attached hydrogen (secondary N) is 1. The number of hydrogen-bond donors (Lipinski definition) is 2. The van der Waals surface area contributed by atoms with Gasteiger partial charge in [-0.05, 0) is 38.1 Å². The summed E-state index contributed by atoms with van der Waals surface area (Å²) in [6, 6.07) is 8.85. The molecule has 2 rings (SSSR count). The highest BCUT2D eigenvalue weighted by Crippen LogP contribution is 2.08. The van der Waals surface area contributed by atoms with Gasteiger partial charge in [-0.1, -0.05) is 24.6 Å². The van der Waals surface area contributed by atoms with Crippen LogP contribution in [0.2, 0.25) is 0 Å². The molecule has 126 valence electrons. The zero-order chi connectivity index (χ0) is 14.2. The average molecular weight is 396 g/mol. The second-order valence-corrected chi connectivity index (χ2v) is 5.12. The van der Waals surface area contributed by atoms with Gasteiger partial charge in [-0.3, -0.25) is 9.63 Å². The van der Waals surface area contributed by atoms with E-state index >= 15 is 0 Å². The minimum absolute atomic E-state index is 0. The number of aliphatic hydroxyl groups excluding tert-OH is 1. The summed E-state index contributed by atoms with van der Waals surface area (Å²) in [4.78, 5) is 19.0. The Morgan fingerprint density at radius 1 is 1.23 bits per heavy atom. The molecule has 22 heavy (non-hydrogen) atoms. The molecule has 1 heterocycles. The van der Waals surface area contributed by atoms with Crippen LogP contribution in [-0.4, -0.2) is 48.3 Å². The zero-order valence-electron chi connectivity index (χ0n) is 12.4. The number of nitrogens with zero attached hydrogens (tertiary/aromatic N) is 1. The smallest absolute Gasteiger partial charge is 0.274 e. The van der Waals surface area contributed by atoms with E-state index in [0.717, 1.165) is 13.1 Å². The Labute approximate surface area is 148 Å². The van der Waals surface area contributed by atoms with Gasteiger partial charge in [-0.25, -0.2) is 5.48 Å². The Balaban J connectivity index is 0.00000220. The number of benzene rings is 1. The van der Waals surface area contributed by atoms with Gasteiger partial charge in [0.15, 0.2) is 0 Å². The van der Waals surface area contributed by atoms with Gasteiger partial charge in [-0.2, -0.15) is 0 Å². The van der Waals surface area contributed by atoms with Crippen LogP contribution in [0.5, 0.6) is 0 Å². The Morgan fingerprint density at radius 2 is 1.86 bits per heavy atom. The van der Waals surface area contributed by atoms with Crippen molar-refractivity contribution >= 4 is 35.3 Å². The summed E-state index contributed by atoms with van der Waals surface area (Å²) in [5.74, 6) is -0.296. The quantitative estimate of drug-likeness (QED) is 0.725. The van der Waals surface area contributed by atoms with Crippen LogP contribution >= 0.6 is 29.4 Å². The van der Waals surface area contributed by atoms with Crippen LogP contribution in [0.3, 0.4) is 0 Å². The van der Waals surface area contributed by atoms with Crippen molar-refractivity contribution in [2.75, 3.05) is 26.2 Å². The van der Waals surface area contributed by atoms with Crippen LogP contribution in [0.4, 0.5) is 0 Å². The molecular formula is C15H24BrClN2O3. The highest BCUT2D eigenvalue weighted by atomic mass is 79.9. The molecule has 1 fully saturated rings. The largest absolute Gasteiger partial charge is 0.389 e. The molecule has 1 saturated heterocycles. The molecule has 1 unspecified atom stereocenters. The van der Waals surface area contributed by atoms with Crippen molar-refractivity contribution in [2.45, 2.75) is 25.4 Å². The molecule has 0 saturated carbocycles. The molecule has 2 N–H and O–H groups in total. The fourth-order valence-corrected chi connectivity index (χ4v) is 2.34. The third kappa shape index (κ3) is 7.56. The molecule has 1 amide bonds. The lowest BCUT2D eigenvalue weighted by molar-refractivity contribution is -0.0242. The van der Waals surface area contributed by atoms with E-state index in [9.17, 15) is 9.90 Å². The van der Waals surface area contributed by atoms with Crippen LogP contribution in [-0.2, 0) is 4.84 Å². The Hall–Kier alpha value is -0.660.